The largest absolute Gasteiger partial charge is 0.383 e. The fourth-order valence-electron chi connectivity index (χ4n) is 1.78. The Balaban J connectivity index is 4.56. The molecule has 0 radical (unpaired) electrons. The highest BCUT2D eigenvalue weighted by atomic mass is 16.5. The number of rotatable bonds is 8. The van der Waals surface area contributed by atoms with Gasteiger partial charge in [0.05, 0.1) is 6.61 Å². The van der Waals surface area contributed by atoms with Gasteiger partial charge in [0.25, 0.3) is 0 Å². The van der Waals surface area contributed by atoms with Crippen LogP contribution in [0.25, 0.3) is 0 Å². The minimum Gasteiger partial charge on any atom is -0.383 e. The Kier molecular flexibility index (Phi) is 8.21. The number of methoxy groups -OCH3 is 1. The molecule has 16 heavy (non-hydrogen) atoms. The highest BCUT2D eigenvalue weighted by Crippen LogP contribution is 2.12. The lowest BCUT2D eigenvalue weighted by molar-refractivity contribution is -0.138. The molecule has 0 saturated carbocycles. The predicted molar refractivity (Wildman–Crippen MR) is 66.2 cm³/mol. The second kappa shape index (κ2) is 8.53. The molecule has 1 amide bonds. The molecule has 0 spiro atoms. The molecule has 0 aliphatic heterocycles. The maximum absolute atomic E-state index is 12.1. The van der Waals surface area contributed by atoms with E-state index in [4.69, 9.17) is 10.5 Å². The predicted octanol–water partition coefficient (Wildman–Crippen LogP) is 1.24. The molecule has 4 heteroatoms. The molecule has 1 atom stereocenters. The van der Waals surface area contributed by atoms with Gasteiger partial charge in [0.2, 0.25) is 5.91 Å². The van der Waals surface area contributed by atoms with Crippen molar-refractivity contribution in [2.45, 2.75) is 39.7 Å². The van der Waals surface area contributed by atoms with Crippen LogP contribution in [0.3, 0.4) is 0 Å². The first-order valence-corrected chi connectivity index (χ1v) is 6.11. The van der Waals surface area contributed by atoms with Gasteiger partial charge in [0, 0.05) is 32.2 Å². The molecular formula is C12H26N2O2. The fourth-order valence-corrected chi connectivity index (χ4v) is 1.78. The molecule has 0 aromatic heterocycles. The van der Waals surface area contributed by atoms with E-state index in [2.05, 4.69) is 13.8 Å². The van der Waals surface area contributed by atoms with E-state index in [1.165, 1.54) is 0 Å². The summed E-state index contributed by atoms with van der Waals surface area (Å²) in [6.07, 6.45) is 1.95. The third kappa shape index (κ3) is 4.49. The average Bonchev–Trinajstić information content (AvgIpc) is 2.32. The first kappa shape index (κ1) is 15.4. The van der Waals surface area contributed by atoms with E-state index in [9.17, 15) is 4.79 Å². The Hall–Kier alpha value is -0.610. The summed E-state index contributed by atoms with van der Waals surface area (Å²) in [7, 11) is 1.65. The normalized spacial score (nSPS) is 12.9. The minimum atomic E-state index is -0.0996. The van der Waals surface area contributed by atoms with Crippen molar-refractivity contribution in [2.75, 3.05) is 26.8 Å². The number of hydrogen-bond acceptors (Lipinski definition) is 3. The van der Waals surface area contributed by atoms with E-state index < -0.39 is 0 Å². The second-order valence-electron chi connectivity index (χ2n) is 4.13. The SMILES string of the molecule is CCC(CC)N(CCOC)C(=O)C(C)CN. The molecule has 0 aromatic rings. The van der Waals surface area contributed by atoms with E-state index in [0.29, 0.717) is 25.7 Å². The quantitative estimate of drug-likeness (QED) is 0.682. The van der Waals surface area contributed by atoms with Gasteiger partial charge >= 0.3 is 0 Å². The summed E-state index contributed by atoms with van der Waals surface area (Å²) < 4.78 is 5.05. The number of amides is 1. The van der Waals surface area contributed by atoms with Gasteiger partial charge in [-0.15, -0.1) is 0 Å². The number of carbonyl (C=O) groups excluding carboxylic acids is 1. The van der Waals surface area contributed by atoms with Crippen LogP contribution in [0.15, 0.2) is 0 Å². The summed E-state index contributed by atoms with van der Waals surface area (Å²) in [6, 6.07) is 0.302. The van der Waals surface area contributed by atoms with Crippen molar-refractivity contribution >= 4 is 5.91 Å². The van der Waals surface area contributed by atoms with Crippen LogP contribution in [0, 0.1) is 5.92 Å². The standard InChI is InChI=1S/C12H26N2O2/c1-5-11(6-2)14(7-8-16-4)12(15)10(3)9-13/h10-11H,5-9,13H2,1-4H3. The van der Waals surface area contributed by atoms with E-state index in [0.717, 1.165) is 12.8 Å². The van der Waals surface area contributed by atoms with E-state index >= 15 is 0 Å². The Morgan fingerprint density at radius 1 is 1.38 bits per heavy atom. The molecule has 1 unspecified atom stereocenters. The van der Waals surface area contributed by atoms with Crippen LogP contribution in [0.1, 0.15) is 33.6 Å². The lowest BCUT2D eigenvalue weighted by Gasteiger charge is -2.32. The molecule has 0 rings (SSSR count). The highest BCUT2D eigenvalue weighted by molar-refractivity contribution is 5.79. The zero-order valence-corrected chi connectivity index (χ0v) is 11.0. The van der Waals surface area contributed by atoms with Crippen molar-refractivity contribution in [3.63, 3.8) is 0 Å². The summed E-state index contributed by atoms with van der Waals surface area (Å²) >= 11 is 0. The van der Waals surface area contributed by atoms with Gasteiger partial charge in [0.1, 0.15) is 0 Å². The van der Waals surface area contributed by atoms with Gasteiger partial charge in [0.15, 0.2) is 0 Å². The van der Waals surface area contributed by atoms with Crippen molar-refractivity contribution in [1.82, 2.24) is 4.90 Å². The summed E-state index contributed by atoms with van der Waals surface area (Å²) in [5.74, 6) is 0.0470. The minimum absolute atomic E-state index is 0.0996. The first-order chi connectivity index (χ1) is 7.62. The fraction of sp³-hybridized carbons (Fsp3) is 0.917. The maximum atomic E-state index is 12.1. The number of ether oxygens (including phenoxy) is 1. The summed E-state index contributed by atoms with van der Waals surface area (Å²) in [5.41, 5.74) is 5.54. The zero-order chi connectivity index (χ0) is 12.6. The number of hydrogen-bond donors (Lipinski definition) is 1. The van der Waals surface area contributed by atoms with E-state index in [1.807, 2.05) is 11.8 Å². The smallest absolute Gasteiger partial charge is 0.227 e. The highest BCUT2D eigenvalue weighted by Gasteiger charge is 2.24. The molecule has 96 valence electrons. The van der Waals surface area contributed by atoms with Crippen LogP contribution < -0.4 is 5.73 Å². The van der Waals surface area contributed by atoms with Gasteiger partial charge in [-0.25, -0.2) is 0 Å². The van der Waals surface area contributed by atoms with E-state index in [-0.39, 0.29) is 11.8 Å². The molecular weight excluding hydrogens is 204 g/mol. The topological polar surface area (TPSA) is 55.6 Å². The molecule has 0 aliphatic rings. The van der Waals surface area contributed by atoms with Crippen molar-refractivity contribution in [1.29, 1.82) is 0 Å². The van der Waals surface area contributed by atoms with E-state index in [1.54, 1.807) is 7.11 Å². The Morgan fingerprint density at radius 2 is 1.94 bits per heavy atom. The van der Waals surface area contributed by atoms with Crippen LogP contribution in [0.2, 0.25) is 0 Å². The third-order valence-electron chi connectivity index (χ3n) is 2.98. The Morgan fingerprint density at radius 3 is 2.31 bits per heavy atom. The zero-order valence-electron chi connectivity index (χ0n) is 11.0. The first-order valence-electron chi connectivity index (χ1n) is 6.11. The van der Waals surface area contributed by atoms with Crippen LogP contribution in [-0.4, -0.2) is 43.7 Å². The molecule has 0 heterocycles. The Labute approximate surface area is 99.1 Å². The lowest BCUT2D eigenvalue weighted by atomic mass is 10.1. The monoisotopic (exact) mass is 230 g/mol. The summed E-state index contributed by atoms with van der Waals surface area (Å²) in [4.78, 5) is 14.0. The van der Waals surface area contributed by atoms with Gasteiger partial charge in [-0.1, -0.05) is 20.8 Å². The van der Waals surface area contributed by atoms with Gasteiger partial charge in [-0.3, -0.25) is 4.79 Å². The van der Waals surface area contributed by atoms with Gasteiger partial charge in [-0.05, 0) is 12.8 Å². The van der Waals surface area contributed by atoms with Crippen LogP contribution in [0.4, 0.5) is 0 Å². The second-order valence-corrected chi connectivity index (χ2v) is 4.13. The maximum Gasteiger partial charge on any atom is 0.227 e. The number of carbonyl (C=O) groups is 1. The van der Waals surface area contributed by atoms with Crippen LogP contribution in [0.5, 0.6) is 0 Å². The van der Waals surface area contributed by atoms with Crippen molar-refractivity contribution in [3.05, 3.63) is 0 Å². The van der Waals surface area contributed by atoms with Crippen molar-refractivity contribution < 1.29 is 9.53 Å². The third-order valence-corrected chi connectivity index (χ3v) is 2.98. The van der Waals surface area contributed by atoms with Crippen LogP contribution in [-0.2, 0) is 9.53 Å². The number of nitrogens with zero attached hydrogens (tertiary/aromatic N) is 1. The molecule has 4 nitrogen and oxygen atoms in total. The van der Waals surface area contributed by atoms with Crippen molar-refractivity contribution in [2.24, 2.45) is 11.7 Å². The number of nitrogens with two attached hydrogens (primary N) is 1. The van der Waals surface area contributed by atoms with Crippen molar-refractivity contribution in [3.8, 4) is 0 Å². The molecule has 0 fully saturated rings. The molecule has 0 saturated heterocycles. The molecule has 0 aromatic carbocycles. The molecule has 0 aliphatic carbocycles. The average molecular weight is 230 g/mol. The Bertz CT molecular complexity index is 193. The molecule has 0 bridgehead atoms. The lowest BCUT2D eigenvalue weighted by Crippen LogP contribution is -2.45. The van der Waals surface area contributed by atoms with Gasteiger partial charge < -0.3 is 15.4 Å². The summed E-state index contributed by atoms with van der Waals surface area (Å²) in [6.45, 7) is 7.74. The molecule has 2 N–H and O–H groups in total. The van der Waals surface area contributed by atoms with Crippen LogP contribution >= 0.6 is 0 Å². The summed E-state index contributed by atoms with van der Waals surface area (Å²) in [5, 5.41) is 0. The van der Waals surface area contributed by atoms with Gasteiger partial charge in [-0.2, -0.15) is 0 Å².